The zero-order valence-electron chi connectivity index (χ0n) is 11.4. The van der Waals surface area contributed by atoms with Crippen molar-refractivity contribution in [3.8, 4) is 0 Å². The third-order valence-electron chi connectivity index (χ3n) is 4.11. The van der Waals surface area contributed by atoms with E-state index in [1.807, 2.05) is 0 Å². The van der Waals surface area contributed by atoms with E-state index >= 15 is 0 Å². The maximum Gasteiger partial charge on any atom is 0.322 e. The highest BCUT2D eigenvalue weighted by Crippen LogP contribution is 2.27. The number of amides is 4. The SMILES string of the molecule is Nc1ccccc1C(=O)N1CCC2(CC1)NC(=O)NC2=O. The van der Waals surface area contributed by atoms with Crippen molar-refractivity contribution in [3.05, 3.63) is 29.8 Å². The first-order valence-electron chi connectivity index (χ1n) is 6.79. The van der Waals surface area contributed by atoms with Gasteiger partial charge in [0, 0.05) is 18.8 Å². The molecule has 2 fully saturated rings. The van der Waals surface area contributed by atoms with Crippen molar-refractivity contribution in [1.82, 2.24) is 15.5 Å². The summed E-state index contributed by atoms with van der Waals surface area (Å²) in [6.07, 6.45) is 0.812. The largest absolute Gasteiger partial charge is 0.398 e. The van der Waals surface area contributed by atoms with Crippen LogP contribution in [0.4, 0.5) is 10.5 Å². The van der Waals surface area contributed by atoms with Crippen molar-refractivity contribution in [1.29, 1.82) is 0 Å². The quantitative estimate of drug-likeness (QED) is 0.503. The maximum atomic E-state index is 12.4. The number of imide groups is 1. The van der Waals surface area contributed by atoms with Crippen LogP contribution >= 0.6 is 0 Å². The van der Waals surface area contributed by atoms with Crippen LogP contribution in [0.5, 0.6) is 0 Å². The second-order valence-electron chi connectivity index (χ2n) is 5.37. The number of carbonyl (C=O) groups excluding carboxylic acids is 3. The summed E-state index contributed by atoms with van der Waals surface area (Å²) in [6.45, 7) is 0.807. The molecule has 2 aliphatic rings. The van der Waals surface area contributed by atoms with Gasteiger partial charge in [0.15, 0.2) is 0 Å². The number of benzene rings is 1. The Morgan fingerprint density at radius 1 is 1.19 bits per heavy atom. The molecule has 7 nitrogen and oxygen atoms in total. The number of piperidine rings is 1. The van der Waals surface area contributed by atoms with Crippen molar-refractivity contribution in [3.63, 3.8) is 0 Å². The maximum absolute atomic E-state index is 12.4. The molecule has 3 rings (SSSR count). The first-order valence-corrected chi connectivity index (χ1v) is 6.79. The number of para-hydroxylation sites is 1. The monoisotopic (exact) mass is 288 g/mol. The molecule has 2 heterocycles. The topological polar surface area (TPSA) is 105 Å². The number of rotatable bonds is 1. The van der Waals surface area contributed by atoms with Crippen LogP contribution < -0.4 is 16.4 Å². The van der Waals surface area contributed by atoms with Gasteiger partial charge in [0.2, 0.25) is 0 Å². The molecule has 2 saturated heterocycles. The number of likely N-dealkylation sites (tertiary alicyclic amines) is 1. The number of urea groups is 1. The van der Waals surface area contributed by atoms with Crippen LogP contribution in [0.15, 0.2) is 24.3 Å². The van der Waals surface area contributed by atoms with E-state index in [9.17, 15) is 14.4 Å². The number of nitrogens with one attached hydrogen (secondary N) is 2. The fourth-order valence-electron chi connectivity index (χ4n) is 2.83. The molecule has 0 radical (unpaired) electrons. The zero-order valence-corrected chi connectivity index (χ0v) is 11.4. The van der Waals surface area contributed by atoms with Crippen molar-refractivity contribution in [2.75, 3.05) is 18.8 Å². The van der Waals surface area contributed by atoms with E-state index in [0.29, 0.717) is 37.2 Å². The Balaban J connectivity index is 1.72. The van der Waals surface area contributed by atoms with Crippen LogP contribution in [-0.4, -0.2) is 41.4 Å². The predicted octanol–water partition coefficient (Wildman–Crippen LogP) is 0.0830. The van der Waals surface area contributed by atoms with Gasteiger partial charge in [0.25, 0.3) is 11.8 Å². The molecular weight excluding hydrogens is 272 g/mol. The van der Waals surface area contributed by atoms with Crippen LogP contribution in [0.3, 0.4) is 0 Å². The number of hydrogen-bond donors (Lipinski definition) is 3. The molecule has 0 saturated carbocycles. The molecule has 4 N–H and O–H groups in total. The molecule has 1 aromatic rings. The molecule has 7 heteroatoms. The number of nitrogen functional groups attached to an aromatic ring is 1. The van der Waals surface area contributed by atoms with Crippen molar-refractivity contribution < 1.29 is 14.4 Å². The third kappa shape index (κ3) is 2.20. The van der Waals surface area contributed by atoms with Crippen LogP contribution in [-0.2, 0) is 4.79 Å². The molecule has 1 spiro atoms. The Morgan fingerprint density at radius 2 is 1.86 bits per heavy atom. The van der Waals surface area contributed by atoms with Crippen LogP contribution in [0.2, 0.25) is 0 Å². The van der Waals surface area contributed by atoms with E-state index < -0.39 is 11.6 Å². The minimum absolute atomic E-state index is 0.146. The predicted molar refractivity (Wildman–Crippen MR) is 75.4 cm³/mol. The van der Waals surface area contributed by atoms with E-state index in [1.165, 1.54) is 0 Å². The summed E-state index contributed by atoms with van der Waals surface area (Å²) in [5, 5.41) is 4.92. The first kappa shape index (κ1) is 13.4. The van der Waals surface area contributed by atoms with Gasteiger partial charge in [-0.2, -0.15) is 0 Å². The van der Waals surface area contributed by atoms with Gasteiger partial charge < -0.3 is 16.0 Å². The van der Waals surface area contributed by atoms with Crippen LogP contribution in [0, 0.1) is 0 Å². The van der Waals surface area contributed by atoms with Gasteiger partial charge in [-0.25, -0.2) is 4.79 Å². The molecule has 2 aliphatic heterocycles. The standard InChI is InChI=1S/C14H16N4O3/c15-10-4-2-1-3-9(10)11(19)18-7-5-14(6-8-18)12(20)16-13(21)17-14/h1-4H,5-8,15H2,(H2,16,17,20,21). The van der Waals surface area contributed by atoms with Gasteiger partial charge in [-0.1, -0.05) is 12.1 Å². The second-order valence-corrected chi connectivity index (χ2v) is 5.37. The number of hydrogen-bond acceptors (Lipinski definition) is 4. The van der Waals surface area contributed by atoms with Gasteiger partial charge in [0.1, 0.15) is 5.54 Å². The number of carbonyl (C=O) groups is 3. The molecule has 0 aromatic heterocycles. The van der Waals surface area contributed by atoms with Gasteiger partial charge >= 0.3 is 6.03 Å². The van der Waals surface area contributed by atoms with E-state index in [1.54, 1.807) is 29.2 Å². The summed E-state index contributed by atoms with van der Waals surface area (Å²) in [6, 6.07) is 6.44. The molecule has 0 bridgehead atoms. The van der Waals surface area contributed by atoms with Crippen molar-refractivity contribution >= 4 is 23.5 Å². The molecule has 0 unspecified atom stereocenters. The average molecular weight is 288 g/mol. The summed E-state index contributed by atoms with van der Waals surface area (Å²) in [5.41, 5.74) is 5.86. The molecule has 21 heavy (non-hydrogen) atoms. The Morgan fingerprint density at radius 3 is 2.43 bits per heavy atom. The second kappa shape index (κ2) is 4.76. The fraction of sp³-hybridized carbons (Fsp3) is 0.357. The third-order valence-corrected chi connectivity index (χ3v) is 4.11. The summed E-state index contributed by atoms with van der Waals surface area (Å²) in [5.74, 6) is -0.452. The number of nitrogens with two attached hydrogens (primary N) is 1. The summed E-state index contributed by atoms with van der Waals surface area (Å²) >= 11 is 0. The number of nitrogens with zero attached hydrogens (tertiary/aromatic N) is 1. The highest BCUT2D eigenvalue weighted by Gasteiger charge is 2.48. The van der Waals surface area contributed by atoms with Gasteiger partial charge in [-0.05, 0) is 25.0 Å². The van der Waals surface area contributed by atoms with E-state index in [4.69, 9.17) is 5.73 Å². The lowest BCUT2D eigenvalue weighted by Crippen LogP contribution is -2.55. The van der Waals surface area contributed by atoms with Gasteiger partial charge in [-0.15, -0.1) is 0 Å². The zero-order chi connectivity index (χ0) is 15.0. The Kier molecular flexibility index (Phi) is 3.04. The molecule has 0 atom stereocenters. The van der Waals surface area contributed by atoms with E-state index in [2.05, 4.69) is 10.6 Å². The average Bonchev–Trinajstić information content (AvgIpc) is 2.74. The summed E-state index contributed by atoms with van der Waals surface area (Å²) in [4.78, 5) is 37.2. The summed E-state index contributed by atoms with van der Waals surface area (Å²) < 4.78 is 0. The van der Waals surface area contributed by atoms with Crippen molar-refractivity contribution in [2.45, 2.75) is 18.4 Å². The van der Waals surface area contributed by atoms with Crippen LogP contribution in [0.25, 0.3) is 0 Å². The lowest BCUT2D eigenvalue weighted by molar-refractivity contribution is -0.125. The highest BCUT2D eigenvalue weighted by molar-refractivity contribution is 6.07. The van der Waals surface area contributed by atoms with E-state index in [0.717, 1.165) is 0 Å². The fourth-order valence-corrected chi connectivity index (χ4v) is 2.83. The Hall–Kier alpha value is -2.57. The molecular formula is C14H16N4O3. The molecule has 1 aromatic carbocycles. The number of anilines is 1. The van der Waals surface area contributed by atoms with Crippen LogP contribution in [0.1, 0.15) is 23.2 Å². The van der Waals surface area contributed by atoms with Crippen molar-refractivity contribution in [2.24, 2.45) is 0 Å². The Labute approximate surface area is 121 Å². The summed E-state index contributed by atoms with van der Waals surface area (Å²) in [7, 11) is 0. The van der Waals surface area contributed by atoms with Gasteiger partial charge in [0.05, 0.1) is 5.56 Å². The lowest BCUT2D eigenvalue weighted by Gasteiger charge is -2.37. The lowest BCUT2D eigenvalue weighted by atomic mass is 9.87. The van der Waals surface area contributed by atoms with E-state index in [-0.39, 0.29) is 11.8 Å². The normalized spacial score (nSPS) is 20.3. The first-order chi connectivity index (χ1) is 10.0. The molecule has 110 valence electrons. The minimum atomic E-state index is -0.865. The molecule has 4 amide bonds. The highest BCUT2D eigenvalue weighted by atomic mass is 16.2. The molecule has 0 aliphatic carbocycles. The smallest absolute Gasteiger partial charge is 0.322 e. The van der Waals surface area contributed by atoms with Gasteiger partial charge in [-0.3, -0.25) is 14.9 Å². The Bertz CT molecular complexity index is 620. The minimum Gasteiger partial charge on any atom is -0.398 e.